The minimum atomic E-state index is -0.517. The molecule has 3 nitrogen and oxygen atoms in total. The SMILES string of the molecule is CC(=O)OCC(O)CCCBr. The molecule has 1 N–H and O–H groups in total. The molecule has 0 spiro atoms. The summed E-state index contributed by atoms with van der Waals surface area (Å²) in [7, 11) is 0. The molecule has 0 aliphatic rings. The molecule has 0 aromatic heterocycles. The third-order valence-corrected chi connectivity index (χ3v) is 1.71. The molecule has 1 unspecified atom stereocenters. The van der Waals surface area contributed by atoms with Gasteiger partial charge >= 0.3 is 5.97 Å². The monoisotopic (exact) mass is 224 g/mol. The molecule has 4 heteroatoms. The number of hydrogen-bond donors (Lipinski definition) is 1. The maximum atomic E-state index is 10.3. The molecule has 0 amide bonds. The van der Waals surface area contributed by atoms with Crippen molar-refractivity contribution in [3.05, 3.63) is 0 Å². The number of aliphatic hydroxyl groups excluding tert-OH is 1. The lowest BCUT2D eigenvalue weighted by molar-refractivity contribution is -0.144. The van der Waals surface area contributed by atoms with Crippen LogP contribution in [-0.4, -0.2) is 29.1 Å². The van der Waals surface area contributed by atoms with Crippen molar-refractivity contribution < 1.29 is 14.6 Å². The fraction of sp³-hybridized carbons (Fsp3) is 0.857. The second-order valence-corrected chi connectivity index (χ2v) is 3.08. The lowest BCUT2D eigenvalue weighted by atomic mass is 10.2. The van der Waals surface area contributed by atoms with Gasteiger partial charge in [0.2, 0.25) is 0 Å². The number of alkyl halides is 1. The molecule has 0 aliphatic carbocycles. The second kappa shape index (κ2) is 6.61. The Morgan fingerprint density at radius 3 is 2.82 bits per heavy atom. The Morgan fingerprint density at radius 2 is 2.36 bits per heavy atom. The zero-order valence-corrected chi connectivity index (χ0v) is 8.13. The van der Waals surface area contributed by atoms with Crippen LogP contribution in [0.1, 0.15) is 19.8 Å². The van der Waals surface area contributed by atoms with Crippen molar-refractivity contribution in [2.45, 2.75) is 25.9 Å². The molecular formula is C7H13BrO3. The molecule has 0 heterocycles. The van der Waals surface area contributed by atoms with Crippen LogP contribution in [0.3, 0.4) is 0 Å². The Bertz CT molecular complexity index is 116. The Morgan fingerprint density at radius 1 is 1.73 bits per heavy atom. The molecule has 0 aromatic carbocycles. The van der Waals surface area contributed by atoms with E-state index in [0.717, 1.165) is 11.8 Å². The van der Waals surface area contributed by atoms with Gasteiger partial charge in [-0.25, -0.2) is 0 Å². The van der Waals surface area contributed by atoms with Crippen LogP contribution in [-0.2, 0) is 9.53 Å². The van der Waals surface area contributed by atoms with Gasteiger partial charge < -0.3 is 9.84 Å². The molecule has 0 bridgehead atoms. The first kappa shape index (κ1) is 10.9. The minimum Gasteiger partial charge on any atom is -0.463 e. The van der Waals surface area contributed by atoms with E-state index in [1.165, 1.54) is 6.92 Å². The first-order chi connectivity index (χ1) is 5.16. The van der Waals surface area contributed by atoms with E-state index in [9.17, 15) is 4.79 Å². The highest BCUT2D eigenvalue weighted by Crippen LogP contribution is 2.00. The molecule has 1 atom stereocenters. The average Bonchev–Trinajstić information content (AvgIpc) is 1.97. The first-order valence-electron chi connectivity index (χ1n) is 3.54. The zero-order chi connectivity index (χ0) is 8.69. The van der Waals surface area contributed by atoms with E-state index in [1.54, 1.807) is 0 Å². The highest BCUT2D eigenvalue weighted by molar-refractivity contribution is 9.09. The van der Waals surface area contributed by atoms with Gasteiger partial charge in [-0.05, 0) is 12.8 Å². The maximum absolute atomic E-state index is 10.3. The summed E-state index contributed by atoms with van der Waals surface area (Å²) in [6, 6.07) is 0. The van der Waals surface area contributed by atoms with E-state index in [-0.39, 0.29) is 12.6 Å². The second-order valence-electron chi connectivity index (χ2n) is 2.29. The Kier molecular flexibility index (Phi) is 6.56. The van der Waals surface area contributed by atoms with Crippen LogP contribution >= 0.6 is 15.9 Å². The molecule has 0 rings (SSSR count). The summed E-state index contributed by atoms with van der Waals surface area (Å²) in [5.74, 6) is -0.345. The summed E-state index contributed by atoms with van der Waals surface area (Å²) in [4.78, 5) is 10.3. The highest BCUT2D eigenvalue weighted by Gasteiger charge is 2.04. The molecule has 11 heavy (non-hydrogen) atoms. The number of halogens is 1. The molecule has 0 saturated heterocycles. The largest absolute Gasteiger partial charge is 0.463 e. The molecule has 0 aliphatic heterocycles. The lowest BCUT2D eigenvalue weighted by Crippen LogP contribution is -2.17. The standard InChI is InChI=1S/C7H13BrO3/c1-6(9)11-5-7(10)3-2-4-8/h7,10H,2-5H2,1H3. The van der Waals surface area contributed by atoms with E-state index in [0.29, 0.717) is 6.42 Å². The van der Waals surface area contributed by atoms with E-state index < -0.39 is 6.10 Å². The highest BCUT2D eigenvalue weighted by atomic mass is 79.9. The van der Waals surface area contributed by atoms with Crippen LogP contribution in [0, 0.1) is 0 Å². The third-order valence-electron chi connectivity index (χ3n) is 1.15. The van der Waals surface area contributed by atoms with Crippen molar-refractivity contribution in [3.63, 3.8) is 0 Å². The Hall–Kier alpha value is -0.0900. The fourth-order valence-corrected chi connectivity index (χ4v) is 0.933. The smallest absolute Gasteiger partial charge is 0.302 e. The van der Waals surface area contributed by atoms with Gasteiger partial charge in [-0.3, -0.25) is 4.79 Å². The van der Waals surface area contributed by atoms with Crippen molar-refractivity contribution >= 4 is 21.9 Å². The van der Waals surface area contributed by atoms with Gasteiger partial charge in [-0.15, -0.1) is 0 Å². The number of ether oxygens (including phenoxy) is 1. The summed E-state index contributed by atoms with van der Waals surface area (Å²) < 4.78 is 4.60. The quantitative estimate of drug-likeness (QED) is 0.562. The summed E-state index contributed by atoms with van der Waals surface area (Å²) in [5.41, 5.74) is 0. The van der Waals surface area contributed by atoms with Crippen LogP contribution in [0.5, 0.6) is 0 Å². The van der Waals surface area contributed by atoms with E-state index >= 15 is 0 Å². The van der Waals surface area contributed by atoms with Gasteiger partial charge in [-0.1, -0.05) is 15.9 Å². The number of esters is 1. The van der Waals surface area contributed by atoms with E-state index in [4.69, 9.17) is 5.11 Å². The zero-order valence-electron chi connectivity index (χ0n) is 6.55. The molecular weight excluding hydrogens is 212 g/mol. The van der Waals surface area contributed by atoms with Crippen LogP contribution in [0.4, 0.5) is 0 Å². The maximum Gasteiger partial charge on any atom is 0.302 e. The predicted octanol–water partition coefficient (Wildman–Crippen LogP) is 1.09. The van der Waals surface area contributed by atoms with Gasteiger partial charge in [0.15, 0.2) is 0 Å². The fourth-order valence-electron chi connectivity index (χ4n) is 0.610. The molecule has 66 valence electrons. The van der Waals surface area contributed by atoms with Crippen molar-refractivity contribution in [3.8, 4) is 0 Å². The summed E-state index contributed by atoms with van der Waals surface area (Å²) in [5, 5.41) is 10.00. The van der Waals surface area contributed by atoms with Gasteiger partial charge in [0, 0.05) is 12.3 Å². The number of carbonyl (C=O) groups is 1. The summed E-state index contributed by atoms with van der Waals surface area (Å²) in [6.45, 7) is 1.44. The average molecular weight is 225 g/mol. The molecule has 0 radical (unpaired) electrons. The normalized spacial score (nSPS) is 12.6. The van der Waals surface area contributed by atoms with Crippen LogP contribution in [0.25, 0.3) is 0 Å². The van der Waals surface area contributed by atoms with Crippen molar-refractivity contribution in [2.75, 3.05) is 11.9 Å². The Balaban J connectivity index is 3.22. The van der Waals surface area contributed by atoms with Crippen LogP contribution < -0.4 is 0 Å². The molecule has 0 aromatic rings. The minimum absolute atomic E-state index is 0.113. The number of carbonyl (C=O) groups excluding carboxylic acids is 1. The van der Waals surface area contributed by atoms with Crippen LogP contribution in [0.2, 0.25) is 0 Å². The van der Waals surface area contributed by atoms with Gasteiger partial charge in [-0.2, -0.15) is 0 Å². The molecule has 0 saturated carbocycles. The predicted molar refractivity (Wildman–Crippen MR) is 45.7 cm³/mol. The van der Waals surface area contributed by atoms with Crippen molar-refractivity contribution in [2.24, 2.45) is 0 Å². The third kappa shape index (κ3) is 7.81. The summed E-state index contributed by atoms with van der Waals surface area (Å²) >= 11 is 3.24. The first-order valence-corrected chi connectivity index (χ1v) is 4.66. The van der Waals surface area contributed by atoms with E-state index in [1.807, 2.05) is 0 Å². The Labute approximate surface area is 74.9 Å². The van der Waals surface area contributed by atoms with Gasteiger partial charge in [0.1, 0.15) is 6.61 Å². The number of hydrogen-bond acceptors (Lipinski definition) is 3. The van der Waals surface area contributed by atoms with E-state index in [2.05, 4.69) is 20.7 Å². The lowest BCUT2D eigenvalue weighted by Gasteiger charge is -2.08. The number of aliphatic hydroxyl groups is 1. The van der Waals surface area contributed by atoms with Gasteiger partial charge in [0.25, 0.3) is 0 Å². The number of rotatable bonds is 5. The van der Waals surface area contributed by atoms with Crippen LogP contribution in [0.15, 0.2) is 0 Å². The van der Waals surface area contributed by atoms with Gasteiger partial charge in [0.05, 0.1) is 6.10 Å². The summed E-state index contributed by atoms with van der Waals surface area (Å²) in [6.07, 6.45) is 1.04. The topological polar surface area (TPSA) is 46.5 Å². The van der Waals surface area contributed by atoms with Crippen molar-refractivity contribution in [1.82, 2.24) is 0 Å². The van der Waals surface area contributed by atoms with Crippen molar-refractivity contribution in [1.29, 1.82) is 0 Å². The molecule has 0 fully saturated rings.